The quantitative estimate of drug-likeness (QED) is 0.266. The molecule has 0 radical (unpaired) electrons. The zero-order chi connectivity index (χ0) is 28.4. The molecule has 0 saturated heterocycles. The van der Waals surface area contributed by atoms with Crippen molar-refractivity contribution in [3.63, 3.8) is 0 Å². The number of benzene rings is 2. The van der Waals surface area contributed by atoms with Crippen molar-refractivity contribution in [1.82, 2.24) is 4.90 Å². The molecule has 0 heterocycles. The molecule has 5 rings (SSSR count). The van der Waals surface area contributed by atoms with Crippen LogP contribution in [0.2, 0.25) is 0 Å². The predicted octanol–water partition coefficient (Wildman–Crippen LogP) is 3.05. The Bertz CT molecular complexity index is 1520. The fourth-order valence-corrected chi connectivity index (χ4v) is 6.46. The van der Waals surface area contributed by atoms with Crippen LogP contribution in [-0.4, -0.2) is 68.5 Å². The number of primary amides is 1. The fourth-order valence-electron chi connectivity index (χ4n) is 6.19. The molecule has 2 aromatic rings. The number of ketones is 2. The molecular formula is C29H27BrN2O7. The average molecular weight is 595 g/mol. The first kappa shape index (κ1) is 26.9. The van der Waals surface area contributed by atoms with Crippen LogP contribution in [0.3, 0.4) is 0 Å². The molecule has 39 heavy (non-hydrogen) atoms. The summed E-state index contributed by atoms with van der Waals surface area (Å²) in [5.74, 6) is -6.68. The van der Waals surface area contributed by atoms with Gasteiger partial charge in [0.25, 0.3) is 5.91 Å². The number of aromatic hydroxyl groups is 1. The molecule has 0 spiro atoms. The molecule has 0 fully saturated rings. The van der Waals surface area contributed by atoms with E-state index in [9.17, 15) is 34.8 Å². The van der Waals surface area contributed by atoms with Gasteiger partial charge in [-0.3, -0.25) is 19.3 Å². The fraction of sp³-hybridized carbons (Fsp3) is 0.276. The number of phenolic OH excluding ortho intramolecular Hbond substituents is 1. The summed E-state index contributed by atoms with van der Waals surface area (Å²) in [7, 11) is 3.19. The highest BCUT2D eigenvalue weighted by Crippen LogP contribution is 2.52. The molecule has 0 unspecified atom stereocenters. The van der Waals surface area contributed by atoms with E-state index >= 15 is 0 Å². The number of likely N-dealkylation sites (N-methyl/N-ethyl adjacent to an activating group) is 1. The first-order valence-corrected chi connectivity index (χ1v) is 13.1. The number of halogens is 1. The van der Waals surface area contributed by atoms with E-state index in [1.165, 1.54) is 11.0 Å². The molecule has 0 bridgehead atoms. The number of amides is 1. The maximum absolute atomic E-state index is 13.8. The summed E-state index contributed by atoms with van der Waals surface area (Å²) in [6, 6.07) is 9.69. The third-order valence-corrected chi connectivity index (χ3v) is 8.50. The number of allylic oxidation sites excluding steroid dienone is 1. The van der Waals surface area contributed by atoms with Gasteiger partial charge in [-0.25, -0.2) is 0 Å². The zero-order valence-corrected chi connectivity index (χ0v) is 22.8. The van der Waals surface area contributed by atoms with Gasteiger partial charge >= 0.3 is 0 Å². The van der Waals surface area contributed by atoms with Gasteiger partial charge in [-0.1, -0.05) is 46.3 Å². The largest absolute Gasteiger partial charge is 0.510 e. The van der Waals surface area contributed by atoms with Gasteiger partial charge in [0.15, 0.2) is 11.4 Å². The highest BCUT2D eigenvalue weighted by molar-refractivity contribution is 9.10. The topological polar surface area (TPSA) is 161 Å². The number of aliphatic hydroxyl groups is 3. The van der Waals surface area contributed by atoms with Gasteiger partial charge in [0, 0.05) is 16.0 Å². The van der Waals surface area contributed by atoms with Crippen LogP contribution in [0.1, 0.15) is 33.5 Å². The van der Waals surface area contributed by atoms with E-state index in [0.29, 0.717) is 11.1 Å². The second-order valence-corrected chi connectivity index (χ2v) is 11.3. The number of phenols is 1. The smallest absolute Gasteiger partial charge is 0.255 e. The lowest BCUT2D eigenvalue weighted by Gasteiger charge is -2.50. The molecule has 10 heteroatoms. The SMILES string of the molecule is CN(C)[C@@H]1C(O)=C(C(N)=O)C(=O)[C@@]2(O)C(O)=C3C(=O)c4c(O)ccc(/C=C/c5ccc(Br)cc5)c4C[C@H]3C[C@@H]12. The average Bonchev–Trinajstić information content (AvgIpc) is 2.86. The number of hydrogen-bond acceptors (Lipinski definition) is 8. The molecule has 1 amide bonds. The number of rotatable bonds is 4. The van der Waals surface area contributed by atoms with Crippen LogP contribution in [0.4, 0.5) is 0 Å². The number of fused-ring (bicyclic) bond motifs is 3. The Morgan fingerprint density at radius 2 is 1.74 bits per heavy atom. The molecule has 6 N–H and O–H groups in total. The van der Waals surface area contributed by atoms with Crippen LogP contribution < -0.4 is 5.73 Å². The highest BCUT2D eigenvalue weighted by Gasteiger charge is 2.63. The second kappa shape index (κ2) is 9.48. The number of hydrogen-bond donors (Lipinski definition) is 5. The zero-order valence-electron chi connectivity index (χ0n) is 21.2. The summed E-state index contributed by atoms with van der Waals surface area (Å²) in [6.07, 6.45) is 3.98. The lowest BCUT2D eigenvalue weighted by atomic mass is 9.58. The van der Waals surface area contributed by atoms with Crippen molar-refractivity contribution in [2.45, 2.75) is 24.5 Å². The number of carbonyl (C=O) groups is 3. The maximum atomic E-state index is 13.8. The molecule has 0 aromatic heterocycles. The monoisotopic (exact) mass is 594 g/mol. The summed E-state index contributed by atoms with van der Waals surface area (Å²) in [6.45, 7) is 0. The Morgan fingerprint density at radius 3 is 2.36 bits per heavy atom. The standard InChI is InChI=1S/C29H27BrN2O7/c1-32(2)23-18-12-15-11-17-14(6-3-13-4-8-16(30)9-5-13)7-10-19(33)21(17)24(34)20(15)26(36)29(18,39)27(37)22(25(23)35)28(31)38/h3-10,15,18,23,33,35-36,39H,11-12H2,1-2H3,(H2,31,38)/b6-3+/t15-,18-,23-,29-/m0/s1. The van der Waals surface area contributed by atoms with E-state index in [2.05, 4.69) is 15.9 Å². The summed E-state index contributed by atoms with van der Waals surface area (Å²) >= 11 is 3.40. The Hall–Kier alpha value is -3.73. The van der Waals surface area contributed by atoms with E-state index < -0.39 is 58.0 Å². The number of Topliss-reactive ketones (excluding diaryl/α,β-unsaturated/α-hetero) is 2. The molecule has 2 aromatic carbocycles. The maximum Gasteiger partial charge on any atom is 0.255 e. The van der Waals surface area contributed by atoms with Crippen molar-refractivity contribution in [3.8, 4) is 5.75 Å². The van der Waals surface area contributed by atoms with Gasteiger partial charge in [0.05, 0.1) is 11.6 Å². The lowest BCUT2D eigenvalue weighted by molar-refractivity contribution is -0.148. The molecule has 4 atom stereocenters. The molecular weight excluding hydrogens is 568 g/mol. The normalized spacial score (nSPS) is 26.6. The van der Waals surface area contributed by atoms with Crippen molar-refractivity contribution >= 4 is 45.6 Å². The highest BCUT2D eigenvalue weighted by atomic mass is 79.9. The van der Waals surface area contributed by atoms with E-state index in [4.69, 9.17) is 5.73 Å². The first-order chi connectivity index (χ1) is 18.4. The minimum Gasteiger partial charge on any atom is -0.510 e. The molecule has 0 saturated carbocycles. The molecule has 3 aliphatic carbocycles. The Morgan fingerprint density at radius 1 is 1.08 bits per heavy atom. The van der Waals surface area contributed by atoms with Gasteiger partial charge in [0.1, 0.15) is 22.8 Å². The minimum atomic E-state index is -2.65. The summed E-state index contributed by atoms with van der Waals surface area (Å²) in [5, 5.41) is 44.6. The third kappa shape index (κ3) is 4.02. The van der Waals surface area contributed by atoms with Crippen molar-refractivity contribution in [2.75, 3.05) is 14.1 Å². The van der Waals surface area contributed by atoms with E-state index in [-0.39, 0.29) is 29.7 Å². The Balaban J connectivity index is 1.65. The summed E-state index contributed by atoms with van der Waals surface area (Å²) in [4.78, 5) is 40.7. The van der Waals surface area contributed by atoms with Crippen molar-refractivity contribution < 1.29 is 34.8 Å². The van der Waals surface area contributed by atoms with Crippen LogP contribution >= 0.6 is 15.9 Å². The van der Waals surface area contributed by atoms with E-state index in [1.807, 2.05) is 36.4 Å². The second-order valence-electron chi connectivity index (χ2n) is 10.4. The third-order valence-electron chi connectivity index (χ3n) is 7.97. The van der Waals surface area contributed by atoms with Gasteiger partial charge in [0.2, 0.25) is 5.78 Å². The molecule has 3 aliphatic rings. The number of aliphatic hydroxyl groups excluding tert-OH is 2. The Kier molecular flexibility index (Phi) is 6.53. The van der Waals surface area contributed by atoms with Crippen LogP contribution in [0.15, 0.2) is 63.5 Å². The van der Waals surface area contributed by atoms with Crippen LogP contribution in [-0.2, 0) is 16.0 Å². The van der Waals surface area contributed by atoms with Gasteiger partial charge in [-0.15, -0.1) is 0 Å². The van der Waals surface area contributed by atoms with Crippen LogP contribution in [0, 0.1) is 11.8 Å². The first-order valence-electron chi connectivity index (χ1n) is 12.3. The lowest BCUT2D eigenvalue weighted by Crippen LogP contribution is -2.63. The molecule has 0 aliphatic heterocycles. The minimum absolute atomic E-state index is 0.0197. The van der Waals surface area contributed by atoms with Crippen molar-refractivity contribution in [1.29, 1.82) is 0 Å². The van der Waals surface area contributed by atoms with Crippen LogP contribution in [0.25, 0.3) is 12.2 Å². The van der Waals surface area contributed by atoms with Gasteiger partial charge < -0.3 is 26.2 Å². The van der Waals surface area contributed by atoms with E-state index in [1.54, 1.807) is 20.2 Å². The van der Waals surface area contributed by atoms with Gasteiger partial charge in [-0.05, 0) is 67.7 Å². The van der Waals surface area contributed by atoms with Crippen molar-refractivity contribution in [2.24, 2.45) is 17.6 Å². The Labute approximate surface area is 232 Å². The van der Waals surface area contributed by atoms with Gasteiger partial charge in [-0.2, -0.15) is 0 Å². The number of nitrogens with two attached hydrogens (primary N) is 1. The predicted molar refractivity (Wildman–Crippen MR) is 147 cm³/mol. The number of carbonyl (C=O) groups excluding carboxylic acids is 3. The summed E-state index contributed by atoms with van der Waals surface area (Å²) in [5.41, 5.74) is 3.87. The van der Waals surface area contributed by atoms with Crippen LogP contribution in [0.5, 0.6) is 5.75 Å². The van der Waals surface area contributed by atoms with Crippen molar-refractivity contribution in [3.05, 3.63) is 85.8 Å². The molecule has 9 nitrogen and oxygen atoms in total. The van der Waals surface area contributed by atoms with E-state index in [0.717, 1.165) is 10.0 Å². The molecule has 202 valence electrons. The number of nitrogens with zero attached hydrogens (tertiary/aromatic N) is 1. The summed E-state index contributed by atoms with van der Waals surface area (Å²) < 4.78 is 0.935.